The van der Waals surface area contributed by atoms with Crippen LogP contribution in [0, 0.1) is 0 Å². The van der Waals surface area contributed by atoms with Gasteiger partial charge >= 0.3 is 0 Å². The van der Waals surface area contributed by atoms with Crippen LogP contribution in [0.25, 0.3) is 10.9 Å². The number of aromatic amines is 1. The molecule has 20 heavy (non-hydrogen) atoms. The van der Waals surface area contributed by atoms with Gasteiger partial charge in [0.1, 0.15) is 5.75 Å². The number of H-pyrrole nitrogens is 1. The highest BCUT2D eigenvalue weighted by Gasteiger charge is 2.05. The molecule has 0 aliphatic rings. The van der Waals surface area contributed by atoms with Gasteiger partial charge in [-0.2, -0.15) is 0 Å². The summed E-state index contributed by atoms with van der Waals surface area (Å²) in [5.74, 6) is 0.783. The van der Waals surface area contributed by atoms with Crippen molar-refractivity contribution in [2.75, 3.05) is 12.4 Å². The van der Waals surface area contributed by atoms with Gasteiger partial charge in [0, 0.05) is 16.2 Å². The molecule has 1 aromatic heterocycles. The number of rotatable bonds is 4. The van der Waals surface area contributed by atoms with Crippen LogP contribution in [0.3, 0.4) is 0 Å². The minimum absolute atomic E-state index is 0.685. The van der Waals surface area contributed by atoms with Crippen LogP contribution >= 0.6 is 11.6 Å². The largest absolute Gasteiger partial charge is 0.495 e. The van der Waals surface area contributed by atoms with E-state index in [2.05, 4.69) is 28.5 Å². The normalized spacial score (nSPS) is 10.7. The third kappa shape index (κ3) is 2.58. The third-order valence-electron chi connectivity index (χ3n) is 3.22. The highest BCUT2D eigenvalue weighted by atomic mass is 35.5. The molecule has 0 fully saturated rings. The Bertz CT molecular complexity index is 703. The fourth-order valence-electron chi connectivity index (χ4n) is 2.24. The Morgan fingerprint density at radius 1 is 1.15 bits per heavy atom. The molecular formula is C16H15ClN2O. The molecule has 0 amide bonds. The molecule has 3 nitrogen and oxygen atoms in total. The number of fused-ring (bicyclic) bond motifs is 1. The summed E-state index contributed by atoms with van der Waals surface area (Å²) in [6, 6.07) is 15.9. The standard InChI is InChI=1S/C16H15ClN2O/c1-20-16-7-6-12(17)9-15(16)18-10-13-8-11-4-2-3-5-14(11)19-13/h2-9,18-19H,10H2,1H3. The smallest absolute Gasteiger partial charge is 0.142 e. The monoisotopic (exact) mass is 286 g/mol. The summed E-state index contributed by atoms with van der Waals surface area (Å²) in [6.07, 6.45) is 0. The third-order valence-corrected chi connectivity index (χ3v) is 3.45. The maximum absolute atomic E-state index is 6.02. The van der Waals surface area contributed by atoms with Crippen molar-refractivity contribution < 1.29 is 4.74 Å². The van der Waals surface area contributed by atoms with Crippen molar-refractivity contribution in [1.82, 2.24) is 4.98 Å². The molecule has 1 heterocycles. The fourth-order valence-corrected chi connectivity index (χ4v) is 2.41. The fraction of sp³-hybridized carbons (Fsp3) is 0.125. The van der Waals surface area contributed by atoms with E-state index in [1.807, 2.05) is 30.3 Å². The van der Waals surface area contributed by atoms with E-state index in [4.69, 9.17) is 16.3 Å². The number of para-hydroxylation sites is 1. The lowest BCUT2D eigenvalue weighted by Gasteiger charge is -2.10. The van der Waals surface area contributed by atoms with E-state index in [-0.39, 0.29) is 0 Å². The van der Waals surface area contributed by atoms with Gasteiger partial charge in [0.15, 0.2) is 0 Å². The summed E-state index contributed by atoms with van der Waals surface area (Å²) < 4.78 is 5.32. The molecule has 0 spiro atoms. The van der Waals surface area contributed by atoms with Gasteiger partial charge in [-0.3, -0.25) is 0 Å². The van der Waals surface area contributed by atoms with Gasteiger partial charge < -0.3 is 15.0 Å². The minimum atomic E-state index is 0.685. The Balaban J connectivity index is 1.80. The second kappa shape index (κ2) is 5.47. The predicted octanol–water partition coefficient (Wildman–Crippen LogP) is 4.44. The number of nitrogens with one attached hydrogen (secondary N) is 2. The first-order chi connectivity index (χ1) is 9.76. The molecule has 0 aliphatic heterocycles. The van der Waals surface area contributed by atoms with Gasteiger partial charge in [0.25, 0.3) is 0 Å². The van der Waals surface area contributed by atoms with Gasteiger partial charge in [-0.25, -0.2) is 0 Å². The van der Waals surface area contributed by atoms with Crippen molar-refractivity contribution in [1.29, 1.82) is 0 Å². The number of aromatic nitrogens is 1. The van der Waals surface area contributed by atoms with Gasteiger partial charge in [-0.1, -0.05) is 29.8 Å². The van der Waals surface area contributed by atoms with Crippen molar-refractivity contribution in [3.05, 3.63) is 59.2 Å². The van der Waals surface area contributed by atoms with Crippen molar-refractivity contribution >= 4 is 28.2 Å². The van der Waals surface area contributed by atoms with Gasteiger partial charge in [0.2, 0.25) is 0 Å². The van der Waals surface area contributed by atoms with Crippen molar-refractivity contribution in [2.45, 2.75) is 6.54 Å². The average molecular weight is 287 g/mol. The molecule has 2 aromatic carbocycles. The summed E-state index contributed by atoms with van der Waals surface area (Å²) in [4.78, 5) is 3.38. The molecule has 0 saturated heterocycles. The van der Waals surface area contributed by atoms with Crippen LogP contribution in [0.5, 0.6) is 5.75 Å². The van der Waals surface area contributed by atoms with E-state index in [1.54, 1.807) is 7.11 Å². The number of methoxy groups -OCH3 is 1. The topological polar surface area (TPSA) is 37.0 Å². The van der Waals surface area contributed by atoms with Crippen molar-refractivity contribution in [2.24, 2.45) is 0 Å². The predicted molar refractivity (Wildman–Crippen MR) is 83.6 cm³/mol. The van der Waals surface area contributed by atoms with Crippen LogP contribution in [0.4, 0.5) is 5.69 Å². The second-order valence-electron chi connectivity index (χ2n) is 4.58. The van der Waals surface area contributed by atoms with Crippen LogP contribution < -0.4 is 10.1 Å². The quantitative estimate of drug-likeness (QED) is 0.744. The number of hydrogen-bond donors (Lipinski definition) is 2. The first kappa shape index (κ1) is 12.9. The number of ether oxygens (including phenoxy) is 1. The average Bonchev–Trinajstić information content (AvgIpc) is 2.88. The first-order valence-electron chi connectivity index (χ1n) is 6.40. The Labute approximate surface area is 122 Å². The zero-order valence-electron chi connectivity index (χ0n) is 11.1. The minimum Gasteiger partial charge on any atom is -0.495 e. The van der Waals surface area contributed by atoms with Gasteiger partial charge in [-0.15, -0.1) is 0 Å². The molecule has 3 rings (SSSR count). The van der Waals surface area contributed by atoms with Crippen molar-refractivity contribution in [3.63, 3.8) is 0 Å². The molecule has 0 atom stereocenters. The molecule has 0 bridgehead atoms. The first-order valence-corrected chi connectivity index (χ1v) is 6.78. The molecule has 0 unspecified atom stereocenters. The Kier molecular flexibility index (Phi) is 3.52. The maximum atomic E-state index is 6.02. The highest BCUT2D eigenvalue weighted by molar-refractivity contribution is 6.30. The molecule has 2 N–H and O–H groups in total. The van der Waals surface area contributed by atoms with E-state index >= 15 is 0 Å². The number of hydrogen-bond acceptors (Lipinski definition) is 2. The van der Waals surface area contributed by atoms with Crippen LogP contribution in [0.15, 0.2) is 48.5 Å². The van der Waals surface area contributed by atoms with Crippen LogP contribution in [0.1, 0.15) is 5.69 Å². The summed E-state index contributed by atoms with van der Waals surface area (Å²) in [5, 5.41) is 5.24. The van der Waals surface area contributed by atoms with E-state index in [0.717, 1.165) is 22.6 Å². The van der Waals surface area contributed by atoms with Gasteiger partial charge in [-0.05, 0) is 35.7 Å². The molecular weight excluding hydrogens is 272 g/mol. The number of benzene rings is 2. The van der Waals surface area contributed by atoms with Gasteiger partial charge in [0.05, 0.1) is 19.3 Å². The zero-order valence-corrected chi connectivity index (χ0v) is 11.9. The SMILES string of the molecule is COc1ccc(Cl)cc1NCc1cc2ccccc2[nH]1. The molecule has 0 saturated carbocycles. The summed E-state index contributed by atoms with van der Waals surface area (Å²) >= 11 is 6.02. The van der Waals surface area contributed by atoms with E-state index < -0.39 is 0 Å². The summed E-state index contributed by atoms with van der Waals surface area (Å²) in [7, 11) is 1.65. The van der Waals surface area contributed by atoms with Crippen LogP contribution in [0.2, 0.25) is 5.02 Å². The van der Waals surface area contributed by atoms with E-state index in [0.29, 0.717) is 11.6 Å². The second-order valence-corrected chi connectivity index (χ2v) is 5.02. The zero-order chi connectivity index (χ0) is 13.9. The van der Waals surface area contributed by atoms with Crippen molar-refractivity contribution in [3.8, 4) is 5.75 Å². The van der Waals surface area contributed by atoms with Crippen LogP contribution in [-0.4, -0.2) is 12.1 Å². The molecule has 0 aliphatic carbocycles. The lowest BCUT2D eigenvalue weighted by Crippen LogP contribution is -2.01. The van der Waals surface area contributed by atoms with E-state index in [9.17, 15) is 0 Å². The lowest BCUT2D eigenvalue weighted by atomic mass is 10.2. The molecule has 0 radical (unpaired) electrons. The molecule has 102 valence electrons. The van der Waals surface area contributed by atoms with E-state index in [1.165, 1.54) is 5.39 Å². The summed E-state index contributed by atoms with van der Waals surface area (Å²) in [6.45, 7) is 0.686. The Hall–Kier alpha value is -2.13. The highest BCUT2D eigenvalue weighted by Crippen LogP contribution is 2.28. The van der Waals surface area contributed by atoms with Crippen LogP contribution in [-0.2, 0) is 6.54 Å². The number of anilines is 1. The Morgan fingerprint density at radius 2 is 2.00 bits per heavy atom. The lowest BCUT2D eigenvalue weighted by molar-refractivity contribution is 0.416. The maximum Gasteiger partial charge on any atom is 0.142 e. The Morgan fingerprint density at radius 3 is 2.80 bits per heavy atom. The number of halogens is 1. The molecule has 4 heteroatoms. The molecule has 3 aromatic rings. The summed E-state index contributed by atoms with van der Waals surface area (Å²) in [5.41, 5.74) is 3.15.